The Bertz CT molecular complexity index is 688. The molecule has 2 aliphatic heterocycles. The first kappa shape index (κ1) is 18.3. The van der Waals surface area contributed by atoms with Crippen LogP contribution in [-0.2, 0) is 19.1 Å². The molecule has 2 aliphatic rings. The minimum absolute atomic E-state index is 0.219. The van der Waals surface area contributed by atoms with Gasteiger partial charge in [0.25, 0.3) is 5.91 Å². The Hall–Kier alpha value is -2.45. The van der Waals surface area contributed by atoms with Gasteiger partial charge in [-0.3, -0.25) is 19.3 Å². The van der Waals surface area contributed by atoms with E-state index in [0.29, 0.717) is 38.4 Å². The summed E-state index contributed by atoms with van der Waals surface area (Å²) in [5.74, 6) is -1.74. The second kappa shape index (κ2) is 8.29. The van der Waals surface area contributed by atoms with Crippen LogP contribution in [0.4, 0.5) is 5.69 Å². The number of likely N-dealkylation sites (N-methyl/N-ethyl adjacent to an activating group) is 1. The highest BCUT2D eigenvalue weighted by atomic mass is 16.5. The molecule has 0 spiro atoms. The molecule has 8 nitrogen and oxygen atoms in total. The molecule has 2 N–H and O–H groups in total. The number of nitrogens with one attached hydrogen (secondary N) is 2. The van der Waals surface area contributed by atoms with Crippen molar-refractivity contribution >= 4 is 23.4 Å². The van der Waals surface area contributed by atoms with Crippen LogP contribution in [0.1, 0.15) is 18.5 Å². The van der Waals surface area contributed by atoms with Crippen LogP contribution in [0.3, 0.4) is 0 Å². The predicted molar refractivity (Wildman–Crippen MR) is 95.6 cm³/mol. The zero-order valence-electron chi connectivity index (χ0n) is 14.9. The lowest BCUT2D eigenvalue weighted by molar-refractivity contribution is -0.140. The van der Waals surface area contributed by atoms with Gasteiger partial charge in [0.1, 0.15) is 6.04 Å². The molecule has 0 aliphatic carbocycles. The number of ether oxygens (including phenoxy) is 1. The first-order chi connectivity index (χ1) is 12.6. The van der Waals surface area contributed by atoms with E-state index in [9.17, 15) is 14.4 Å². The molecule has 1 atom stereocenters. The Morgan fingerprint density at radius 3 is 2.65 bits per heavy atom. The second-order valence-corrected chi connectivity index (χ2v) is 6.26. The number of nitrogens with zero attached hydrogens (tertiary/aromatic N) is 2. The van der Waals surface area contributed by atoms with Crippen molar-refractivity contribution in [3.63, 3.8) is 0 Å². The van der Waals surface area contributed by atoms with Crippen molar-refractivity contribution in [2.24, 2.45) is 0 Å². The summed E-state index contributed by atoms with van der Waals surface area (Å²) in [6.45, 7) is 6.44. The smallest absolute Gasteiger partial charge is 0.310 e. The molecule has 1 saturated heterocycles. The van der Waals surface area contributed by atoms with Gasteiger partial charge in [-0.1, -0.05) is 18.2 Å². The quantitative estimate of drug-likeness (QED) is 0.701. The summed E-state index contributed by atoms with van der Waals surface area (Å²) < 4.78 is 5.27. The Kier molecular flexibility index (Phi) is 5.85. The minimum atomic E-state index is -0.816. The molecule has 0 bridgehead atoms. The molecule has 140 valence electrons. The number of hydrogen-bond acceptors (Lipinski definition) is 5. The molecular weight excluding hydrogens is 336 g/mol. The fourth-order valence-corrected chi connectivity index (χ4v) is 3.28. The largest absolute Gasteiger partial charge is 0.379 e. The van der Waals surface area contributed by atoms with Crippen LogP contribution in [0, 0.1) is 0 Å². The summed E-state index contributed by atoms with van der Waals surface area (Å²) in [6, 6.07) is 6.48. The van der Waals surface area contributed by atoms with E-state index in [4.69, 9.17) is 4.74 Å². The maximum atomic E-state index is 12.5. The number of rotatable bonds is 5. The first-order valence-electron chi connectivity index (χ1n) is 8.91. The number of benzene rings is 1. The number of morpholine rings is 1. The number of amides is 3. The van der Waals surface area contributed by atoms with Crippen LogP contribution >= 0.6 is 0 Å². The van der Waals surface area contributed by atoms with Crippen LogP contribution in [0.5, 0.6) is 0 Å². The summed E-state index contributed by atoms with van der Waals surface area (Å²) in [5.41, 5.74) is 1.49. The van der Waals surface area contributed by atoms with Crippen molar-refractivity contribution in [3.8, 4) is 0 Å². The number of carbonyl (C=O) groups excluding carboxylic acids is 3. The average Bonchev–Trinajstić information content (AvgIpc) is 2.93. The molecule has 2 heterocycles. The lowest BCUT2D eigenvalue weighted by Crippen LogP contribution is -2.47. The van der Waals surface area contributed by atoms with Crippen molar-refractivity contribution < 1.29 is 19.1 Å². The van der Waals surface area contributed by atoms with Crippen molar-refractivity contribution in [1.29, 1.82) is 0 Å². The monoisotopic (exact) mass is 360 g/mol. The zero-order valence-corrected chi connectivity index (χ0v) is 14.9. The van der Waals surface area contributed by atoms with Gasteiger partial charge in [-0.05, 0) is 13.0 Å². The summed E-state index contributed by atoms with van der Waals surface area (Å²) in [4.78, 5) is 40.6. The molecule has 3 rings (SSSR count). The molecule has 1 fully saturated rings. The van der Waals surface area contributed by atoms with Gasteiger partial charge in [-0.25, -0.2) is 0 Å². The third kappa shape index (κ3) is 3.86. The third-order valence-electron chi connectivity index (χ3n) is 4.67. The van der Waals surface area contributed by atoms with E-state index in [1.54, 1.807) is 11.0 Å². The van der Waals surface area contributed by atoms with E-state index in [-0.39, 0.29) is 5.91 Å². The highest BCUT2D eigenvalue weighted by molar-refractivity contribution is 6.35. The molecule has 1 unspecified atom stereocenters. The third-order valence-corrected chi connectivity index (χ3v) is 4.67. The molecule has 0 saturated carbocycles. The minimum Gasteiger partial charge on any atom is -0.379 e. The molecule has 0 aromatic heterocycles. The number of anilines is 1. The Labute approximate surface area is 152 Å². The van der Waals surface area contributed by atoms with E-state index < -0.39 is 17.9 Å². The zero-order chi connectivity index (χ0) is 18.5. The summed E-state index contributed by atoms with van der Waals surface area (Å²) >= 11 is 0. The van der Waals surface area contributed by atoms with Crippen molar-refractivity contribution in [3.05, 3.63) is 29.8 Å². The van der Waals surface area contributed by atoms with Crippen LogP contribution in [0.2, 0.25) is 0 Å². The van der Waals surface area contributed by atoms with Gasteiger partial charge >= 0.3 is 11.8 Å². The van der Waals surface area contributed by atoms with E-state index in [2.05, 4.69) is 15.5 Å². The van der Waals surface area contributed by atoms with Gasteiger partial charge < -0.3 is 20.3 Å². The van der Waals surface area contributed by atoms with E-state index in [1.807, 2.05) is 25.1 Å². The second-order valence-electron chi connectivity index (χ2n) is 6.26. The molecule has 26 heavy (non-hydrogen) atoms. The van der Waals surface area contributed by atoms with Crippen molar-refractivity contribution in [2.75, 3.05) is 50.8 Å². The van der Waals surface area contributed by atoms with Gasteiger partial charge in [-0.2, -0.15) is 0 Å². The van der Waals surface area contributed by atoms with Gasteiger partial charge in [0.05, 0.1) is 13.2 Å². The Balaban J connectivity index is 1.54. The Morgan fingerprint density at radius 2 is 1.92 bits per heavy atom. The number of carbonyl (C=O) groups is 3. The number of para-hydroxylation sites is 1. The lowest BCUT2D eigenvalue weighted by atomic mass is 10.1. The summed E-state index contributed by atoms with van der Waals surface area (Å²) in [6.07, 6.45) is 0. The topological polar surface area (TPSA) is 91.0 Å². The van der Waals surface area contributed by atoms with E-state index in [0.717, 1.165) is 18.8 Å². The van der Waals surface area contributed by atoms with E-state index >= 15 is 0 Å². The van der Waals surface area contributed by atoms with Crippen molar-refractivity contribution in [1.82, 2.24) is 15.5 Å². The molecule has 3 amide bonds. The maximum Gasteiger partial charge on any atom is 0.310 e. The number of fused-ring (bicyclic) bond motifs is 1. The van der Waals surface area contributed by atoms with Gasteiger partial charge in [0, 0.05) is 44.0 Å². The highest BCUT2D eigenvalue weighted by Crippen LogP contribution is 2.35. The molecular formula is C18H24N4O4. The van der Waals surface area contributed by atoms with Crippen LogP contribution in [0.15, 0.2) is 24.3 Å². The molecule has 1 aromatic rings. The fraction of sp³-hybridized carbons (Fsp3) is 0.500. The molecule has 0 radical (unpaired) electrons. The van der Waals surface area contributed by atoms with Gasteiger partial charge in [-0.15, -0.1) is 0 Å². The first-order valence-corrected chi connectivity index (χ1v) is 8.91. The molecule has 8 heteroatoms. The van der Waals surface area contributed by atoms with Crippen LogP contribution in [0.25, 0.3) is 0 Å². The average molecular weight is 360 g/mol. The van der Waals surface area contributed by atoms with Crippen molar-refractivity contribution in [2.45, 2.75) is 13.0 Å². The van der Waals surface area contributed by atoms with Gasteiger partial charge in [0.2, 0.25) is 0 Å². The Morgan fingerprint density at radius 1 is 1.19 bits per heavy atom. The summed E-state index contributed by atoms with van der Waals surface area (Å²) in [5, 5.41) is 5.17. The predicted octanol–water partition coefficient (Wildman–Crippen LogP) is -0.341. The normalized spacial score (nSPS) is 20.0. The standard InChI is InChI=1S/C18H24N4O4/c1-2-22-14-6-4-3-5-13(14)15(18(22)25)20-17(24)16(23)19-7-8-21-9-11-26-12-10-21/h3-6,15H,2,7-12H2,1H3,(H,19,23)(H,20,24). The summed E-state index contributed by atoms with van der Waals surface area (Å²) in [7, 11) is 0. The fourth-order valence-electron chi connectivity index (χ4n) is 3.28. The highest BCUT2D eigenvalue weighted by Gasteiger charge is 2.37. The maximum absolute atomic E-state index is 12.5. The number of hydrogen-bond donors (Lipinski definition) is 2. The van der Waals surface area contributed by atoms with Crippen LogP contribution < -0.4 is 15.5 Å². The van der Waals surface area contributed by atoms with Gasteiger partial charge in [0.15, 0.2) is 0 Å². The SMILES string of the molecule is CCN1C(=O)C(NC(=O)C(=O)NCCN2CCOCC2)c2ccccc21. The lowest BCUT2D eigenvalue weighted by Gasteiger charge is -2.26. The molecule has 1 aromatic carbocycles. The van der Waals surface area contributed by atoms with Crippen LogP contribution in [-0.4, -0.2) is 68.6 Å². The van der Waals surface area contributed by atoms with E-state index in [1.165, 1.54) is 0 Å².